The van der Waals surface area contributed by atoms with Gasteiger partial charge >= 0.3 is 0 Å². The summed E-state index contributed by atoms with van der Waals surface area (Å²) in [4.78, 5) is 15.7. The molecule has 0 fully saturated rings. The van der Waals surface area contributed by atoms with Gasteiger partial charge in [-0.1, -0.05) is 13.8 Å². The highest BCUT2D eigenvalue weighted by atomic mass is 16.5. The summed E-state index contributed by atoms with van der Waals surface area (Å²) in [7, 11) is 0. The number of carbonyl (C=O) groups is 1. The normalized spacial score (nSPS) is 12.3. The molecule has 5 heteroatoms. The Morgan fingerprint density at radius 3 is 2.68 bits per heavy atom. The Balaban J connectivity index is 2.35. The van der Waals surface area contributed by atoms with Gasteiger partial charge in [-0.2, -0.15) is 0 Å². The molecule has 1 heterocycles. The molecule has 0 radical (unpaired) electrons. The highest BCUT2D eigenvalue weighted by molar-refractivity contribution is 5.77. The Morgan fingerprint density at radius 1 is 1.42 bits per heavy atom. The quantitative estimate of drug-likeness (QED) is 0.774. The average Bonchev–Trinajstić information content (AvgIpc) is 2.35. The van der Waals surface area contributed by atoms with Crippen molar-refractivity contribution in [2.24, 2.45) is 11.7 Å². The highest BCUT2D eigenvalue weighted by Gasteiger charge is 2.04. The van der Waals surface area contributed by atoms with Crippen molar-refractivity contribution >= 4 is 5.91 Å². The molecular weight excluding hydrogens is 242 g/mol. The summed E-state index contributed by atoms with van der Waals surface area (Å²) >= 11 is 0. The monoisotopic (exact) mass is 265 g/mol. The number of nitrogens with two attached hydrogens (primary N) is 1. The van der Waals surface area contributed by atoms with Crippen molar-refractivity contribution < 1.29 is 9.53 Å². The average molecular weight is 265 g/mol. The van der Waals surface area contributed by atoms with Gasteiger partial charge in [-0.25, -0.2) is 0 Å². The molecule has 1 amide bonds. The number of hydrogen-bond acceptors (Lipinski definition) is 4. The molecule has 1 aromatic rings. The first-order valence-electron chi connectivity index (χ1n) is 6.57. The number of nitrogens with zero attached hydrogens (tertiary/aromatic N) is 1. The minimum Gasteiger partial charge on any atom is -0.482 e. The van der Waals surface area contributed by atoms with Crippen LogP contribution in [0, 0.1) is 5.92 Å². The molecule has 0 spiro atoms. The van der Waals surface area contributed by atoms with E-state index in [9.17, 15) is 4.79 Å². The second kappa shape index (κ2) is 7.74. The zero-order valence-electron chi connectivity index (χ0n) is 11.8. The number of nitrogens with one attached hydrogen (secondary N) is 1. The van der Waals surface area contributed by atoms with Crippen molar-refractivity contribution in [2.45, 2.75) is 33.2 Å². The summed E-state index contributed by atoms with van der Waals surface area (Å²) in [5.41, 5.74) is 6.62. The molecule has 0 saturated carbocycles. The summed E-state index contributed by atoms with van der Waals surface area (Å²) in [6.45, 7) is 6.70. The van der Waals surface area contributed by atoms with Crippen LogP contribution < -0.4 is 15.8 Å². The van der Waals surface area contributed by atoms with Crippen LogP contribution in [0.15, 0.2) is 18.3 Å². The van der Waals surface area contributed by atoms with E-state index >= 15 is 0 Å². The highest BCUT2D eigenvalue weighted by Crippen LogP contribution is 2.09. The Labute approximate surface area is 114 Å². The molecule has 1 aromatic heterocycles. The van der Waals surface area contributed by atoms with Crippen LogP contribution in [0.5, 0.6) is 5.75 Å². The second-order valence-electron chi connectivity index (χ2n) is 5.15. The van der Waals surface area contributed by atoms with Gasteiger partial charge in [0.05, 0.1) is 6.20 Å². The lowest BCUT2D eigenvalue weighted by Crippen LogP contribution is -2.31. The van der Waals surface area contributed by atoms with Crippen LogP contribution in [0.25, 0.3) is 0 Å². The predicted molar refractivity (Wildman–Crippen MR) is 74.9 cm³/mol. The van der Waals surface area contributed by atoms with E-state index in [1.165, 1.54) is 0 Å². The maximum Gasteiger partial charge on any atom is 0.257 e. The van der Waals surface area contributed by atoms with Crippen molar-refractivity contribution in [3.05, 3.63) is 24.0 Å². The Morgan fingerprint density at radius 2 is 2.16 bits per heavy atom. The minimum absolute atomic E-state index is 0.0149. The number of aromatic nitrogens is 1. The van der Waals surface area contributed by atoms with Crippen molar-refractivity contribution in [3.8, 4) is 5.75 Å². The van der Waals surface area contributed by atoms with Gasteiger partial charge < -0.3 is 15.8 Å². The van der Waals surface area contributed by atoms with Crippen molar-refractivity contribution in [2.75, 3.05) is 13.2 Å². The fourth-order valence-corrected chi connectivity index (χ4v) is 1.46. The molecular formula is C14H23N3O2. The van der Waals surface area contributed by atoms with Crippen LogP contribution >= 0.6 is 0 Å². The number of pyridine rings is 1. The first kappa shape index (κ1) is 15.4. The van der Waals surface area contributed by atoms with Gasteiger partial charge in [-0.3, -0.25) is 9.78 Å². The van der Waals surface area contributed by atoms with Gasteiger partial charge in [0.1, 0.15) is 5.75 Å². The summed E-state index contributed by atoms with van der Waals surface area (Å²) in [6, 6.07) is 3.76. The molecule has 19 heavy (non-hydrogen) atoms. The molecule has 1 unspecified atom stereocenters. The Bertz CT molecular complexity index is 388. The Kier molecular flexibility index (Phi) is 6.29. The SMILES string of the molecule is CC(C)CNC(=O)COc1ccc(CC(C)N)nc1. The maximum atomic E-state index is 11.5. The van der Waals surface area contributed by atoms with Crippen LogP contribution in [-0.2, 0) is 11.2 Å². The van der Waals surface area contributed by atoms with E-state index in [4.69, 9.17) is 10.5 Å². The van der Waals surface area contributed by atoms with Gasteiger partial charge in [0.15, 0.2) is 6.61 Å². The number of carbonyl (C=O) groups excluding carboxylic acids is 1. The van der Waals surface area contributed by atoms with Crippen molar-refractivity contribution in [1.82, 2.24) is 10.3 Å². The lowest BCUT2D eigenvalue weighted by atomic mass is 10.2. The van der Waals surface area contributed by atoms with Gasteiger partial charge in [0, 0.05) is 24.7 Å². The predicted octanol–water partition coefficient (Wildman–Crippen LogP) is 1.12. The van der Waals surface area contributed by atoms with E-state index in [1.807, 2.05) is 26.8 Å². The van der Waals surface area contributed by atoms with E-state index < -0.39 is 0 Å². The van der Waals surface area contributed by atoms with Crippen LogP contribution in [0.1, 0.15) is 26.5 Å². The van der Waals surface area contributed by atoms with Crippen LogP contribution in [0.3, 0.4) is 0 Å². The van der Waals surface area contributed by atoms with Crippen LogP contribution in [0.2, 0.25) is 0 Å². The standard InChI is InChI=1S/C14H23N3O2/c1-10(2)7-17-14(18)9-19-13-5-4-12(16-8-13)6-11(3)15/h4-5,8,10-11H,6-7,9,15H2,1-3H3,(H,17,18). The first-order valence-corrected chi connectivity index (χ1v) is 6.57. The molecule has 0 aromatic carbocycles. The molecule has 0 aliphatic rings. The van der Waals surface area contributed by atoms with Gasteiger partial charge in [0.2, 0.25) is 0 Å². The van der Waals surface area contributed by atoms with Gasteiger partial charge in [-0.15, -0.1) is 0 Å². The largest absolute Gasteiger partial charge is 0.482 e. The zero-order chi connectivity index (χ0) is 14.3. The summed E-state index contributed by atoms with van der Waals surface area (Å²) in [5.74, 6) is 0.907. The zero-order valence-corrected chi connectivity index (χ0v) is 11.8. The molecule has 0 aliphatic heterocycles. The molecule has 1 atom stereocenters. The van der Waals surface area contributed by atoms with E-state index in [0.717, 1.165) is 12.1 Å². The molecule has 0 bridgehead atoms. The molecule has 106 valence electrons. The minimum atomic E-state index is -0.117. The smallest absolute Gasteiger partial charge is 0.257 e. The van der Waals surface area contributed by atoms with Gasteiger partial charge in [-0.05, 0) is 25.0 Å². The topological polar surface area (TPSA) is 77.2 Å². The second-order valence-corrected chi connectivity index (χ2v) is 5.15. The third-order valence-electron chi connectivity index (χ3n) is 2.41. The number of rotatable bonds is 7. The fraction of sp³-hybridized carbons (Fsp3) is 0.571. The van der Waals surface area contributed by atoms with Gasteiger partial charge in [0.25, 0.3) is 5.91 Å². The number of ether oxygens (including phenoxy) is 1. The van der Waals surface area contributed by atoms with Crippen LogP contribution in [-0.4, -0.2) is 30.1 Å². The number of amides is 1. The molecule has 0 aliphatic carbocycles. The summed E-state index contributed by atoms with van der Waals surface area (Å²) in [6.07, 6.45) is 2.35. The fourth-order valence-electron chi connectivity index (χ4n) is 1.46. The van der Waals surface area contributed by atoms with Crippen molar-refractivity contribution in [3.63, 3.8) is 0 Å². The summed E-state index contributed by atoms with van der Waals surface area (Å²) in [5, 5.41) is 2.79. The van der Waals surface area contributed by atoms with Crippen LogP contribution in [0.4, 0.5) is 0 Å². The third-order valence-corrected chi connectivity index (χ3v) is 2.41. The first-order chi connectivity index (χ1) is 8.97. The molecule has 5 nitrogen and oxygen atoms in total. The lowest BCUT2D eigenvalue weighted by Gasteiger charge is -2.09. The van der Waals surface area contributed by atoms with E-state index in [2.05, 4.69) is 10.3 Å². The lowest BCUT2D eigenvalue weighted by molar-refractivity contribution is -0.123. The molecule has 1 rings (SSSR count). The Hall–Kier alpha value is -1.62. The van der Waals surface area contributed by atoms with E-state index in [-0.39, 0.29) is 18.6 Å². The van der Waals surface area contributed by atoms with E-state index in [1.54, 1.807) is 12.3 Å². The molecule has 0 saturated heterocycles. The van der Waals surface area contributed by atoms with Crippen molar-refractivity contribution in [1.29, 1.82) is 0 Å². The third kappa shape index (κ3) is 6.76. The number of hydrogen-bond donors (Lipinski definition) is 2. The van der Waals surface area contributed by atoms with E-state index in [0.29, 0.717) is 18.2 Å². The summed E-state index contributed by atoms with van der Waals surface area (Å²) < 4.78 is 5.35. The molecule has 3 N–H and O–H groups in total. The maximum absolute atomic E-state index is 11.5.